The van der Waals surface area contributed by atoms with Gasteiger partial charge in [-0.2, -0.15) is 0 Å². The first-order chi connectivity index (χ1) is 25.1. The lowest BCUT2D eigenvalue weighted by atomic mass is 9.55. The molecule has 4 spiro atoms. The normalized spacial score (nSPS) is 30.0. The summed E-state index contributed by atoms with van der Waals surface area (Å²) in [6, 6.07) is 3.79. The number of rotatable bonds is 8. The molecule has 5 nitrogen and oxygen atoms in total. The van der Waals surface area contributed by atoms with Crippen molar-refractivity contribution in [3.05, 3.63) is 0 Å². The van der Waals surface area contributed by atoms with Crippen LogP contribution in [0.3, 0.4) is 0 Å². The minimum Gasteiger partial charge on any atom is -0.301 e. The van der Waals surface area contributed by atoms with Crippen molar-refractivity contribution in [1.29, 1.82) is 0 Å². The summed E-state index contributed by atoms with van der Waals surface area (Å²) in [6.45, 7) is 51.0. The molecule has 3 aliphatic carbocycles. The molecule has 0 aromatic carbocycles. The summed E-state index contributed by atoms with van der Waals surface area (Å²) in [5.41, 5.74) is 3.04. The predicted molar refractivity (Wildman–Crippen MR) is 235 cm³/mol. The zero-order valence-electron chi connectivity index (χ0n) is 39.3. The van der Waals surface area contributed by atoms with Gasteiger partial charge in [0.2, 0.25) is 0 Å². The Kier molecular flexibility index (Phi) is 14.6. The second-order valence-corrected chi connectivity index (χ2v) is 23.9. The van der Waals surface area contributed by atoms with Crippen LogP contribution in [0, 0.1) is 57.2 Å². The Morgan fingerprint density at radius 2 is 0.519 bits per heavy atom. The second kappa shape index (κ2) is 17.6. The molecule has 5 aliphatic heterocycles. The molecule has 0 atom stereocenters. The number of nitrogens with zero attached hydrogens (tertiary/aromatic N) is 5. The molecule has 5 heterocycles. The van der Waals surface area contributed by atoms with Gasteiger partial charge in [-0.3, -0.25) is 19.6 Å². The number of hydrogen-bond acceptors (Lipinski definition) is 5. The van der Waals surface area contributed by atoms with Crippen molar-refractivity contribution >= 4 is 0 Å². The van der Waals surface area contributed by atoms with Crippen molar-refractivity contribution in [3.63, 3.8) is 0 Å². The van der Waals surface area contributed by atoms with Gasteiger partial charge in [0.15, 0.2) is 0 Å². The summed E-state index contributed by atoms with van der Waals surface area (Å²) >= 11 is 0. The first-order valence-electron chi connectivity index (χ1n) is 23.8. The molecule has 5 heteroatoms. The lowest BCUT2D eigenvalue weighted by Crippen LogP contribution is -2.73. The van der Waals surface area contributed by atoms with E-state index >= 15 is 0 Å². The van der Waals surface area contributed by atoms with Gasteiger partial charge in [0.05, 0.1) is 0 Å². The molecule has 8 rings (SSSR count). The van der Waals surface area contributed by atoms with Crippen molar-refractivity contribution in [2.45, 2.75) is 192 Å². The Labute approximate surface area is 338 Å². The van der Waals surface area contributed by atoms with Crippen molar-refractivity contribution in [3.8, 4) is 0 Å². The first kappa shape index (κ1) is 44.9. The third-order valence-electron chi connectivity index (χ3n) is 16.8. The molecule has 3 saturated carbocycles. The topological polar surface area (TPSA) is 16.2 Å². The molecule has 0 aromatic rings. The van der Waals surface area contributed by atoms with Gasteiger partial charge in [-0.25, -0.2) is 0 Å². The zero-order valence-corrected chi connectivity index (χ0v) is 39.3. The Bertz CT molecular complexity index is 935. The van der Waals surface area contributed by atoms with Crippen LogP contribution < -0.4 is 0 Å². The van der Waals surface area contributed by atoms with E-state index in [0.29, 0.717) is 5.41 Å². The van der Waals surface area contributed by atoms with Crippen LogP contribution >= 0.6 is 0 Å². The molecule has 0 aromatic heterocycles. The lowest BCUT2D eigenvalue weighted by Gasteiger charge is -2.62. The fourth-order valence-electron chi connectivity index (χ4n) is 11.9. The maximum Gasteiger partial charge on any atom is 0.0212 e. The molecule has 5 saturated heterocycles. The Morgan fingerprint density at radius 1 is 0.296 bits per heavy atom. The quantitative estimate of drug-likeness (QED) is 0.245. The highest BCUT2D eigenvalue weighted by molar-refractivity contribution is 5.08. The molecular weight excluding hydrogens is 659 g/mol. The van der Waals surface area contributed by atoms with Crippen molar-refractivity contribution in [2.24, 2.45) is 57.2 Å². The summed E-state index contributed by atoms with van der Waals surface area (Å²) in [5, 5.41) is 0. The smallest absolute Gasteiger partial charge is 0.0212 e. The van der Waals surface area contributed by atoms with Crippen LogP contribution in [0.2, 0.25) is 0 Å². The van der Waals surface area contributed by atoms with Crippen LogP contribution in [-0.4, -0.2) is 120 Å². The molecule has 8 fully saturated rings. The number of piperidine rings is 1. The largest absolute Gasteiger partial charge is 0.301 e. The van der Waals surface area contributed by atoms with Crippen LogP contribution in [0.1, 0.15) is 162 Å². The van der Waals surface area contributed by atoms with E-state index in [1.165, 1.54) is 117 Å². The van der Waals surface area contributed by atoms with Crippen LogP contribution in [0.25, 0.3) is 0 Å². The average Bonchev–Trinajstić information content (AvgIpc) is 2.91. The van der Waals surface area contributed by atoms with Crippen molar-refractivity contribution < 1.29 is 0 Å². The van der Waals surface area contributed by atoms with Gasteiger partial charge in [-0.05, 0) is 185 Å². The van der Waals surface area contributed by atoms with E-state index < -0.39 is 0 Å². The van der Waals surface area contributed by atoms with Gasteiger partial charge in [-0.15, -0.1) is 0 Å². The van der Waals surface area contributed by atoms with Gasteiger partial charge in [0, 0.05) is 88.0 Å². The molecule has 54 heavy (non-hydrogen) atoms. The van der Waals surface area contributed by atoms with Gasteiger partial charge in [0.25, 0.3) is 0 Å². The summed E-state index contributed by atoms with van der Waals surface area (Å²) in [7, 11) is 0. The van der Waals surface area contributed by atoms with Gasteiger partial charge >= 0.3 is 0 Å². The molecular formula is C49H95N5. The van der Waals surface area contributed by atoms with E-state index in [9.17, 15) is 0 Å². The molecule has 0 N–H and O–H groups in total. The Hall–Kier alpha value is -0.200. The van der Waals surface area contributed by atoms with E-state index in [4.69, 9.17) is 0 Å². The van der Waals surface area contributed by atoms with E-state index in [0.717, 1.165) is 82.0 Å². The first-order valence-corrected chi connectivity index (χ1v) is 23.8. The third-order valence-corrected chi connectivity index (χ3v) is 16.8. The van der Waals surface area contributed by atoms with Crippen molar-refractivity contribution in [1.82, 2.24) is 24.5 Å². The van der Waals surface area contributed by atoms with Gasteiger partial charge in [0.1, 0.15) is 0 Å². The number of hydrogen-bond donors (Lipinski definition) is 0. The average molecular weight is 754 g/mol. The monoisotopic (exact) mass is 754 g/mol. The summed E-state index contributed by atoms with van der Waals surface area (Å²) in [5.74, 6) is 5.86. The highest BCUT2D eigenvalue weighted by Crippen LogP contribution is 2.56. The fraction of sp³-hybridized carbons (Fsp3) is 1.00. The second-order valence-electron chi connectivity index (χ2n) is 23.9. The van der Waals surface area contributed by atoms with Gasteiger partial charge in [-0.1, -0.05) is 41.5 Å². The van der Waals surface area contributed by atoms with E-state index in [2.05, 4.69) is 135 Å². The summed E-state index contributed by atoms with van der Waals surface area (Å²) in [4.78, 5) is 13.0. The van der Waals surface area contributed by atoms with Crippen LogP contribution in [-0.2, 0) is 0 Å². The van der Waals surface area contributed by atoms with Gasteiger partial charge < -0.3 is 4.90 Å². The summed E-state index contributed by atoms with van der Waals surface area (Å²) in [6.07, 6.45) is 12.0. The maximum absolute atomic E-state index is 2.65. The van der Waals surface area contributed by atoms with Crippen LogP contribution in [0.4, 0.5) is 0 Å². The molecule has 0 bridgehead atoms. The zero-order chi connectivity index (χ0) is 40.0. The Balaban J connectivity index is 0.000000139. The lowest BCUT2D eigenvalue weighted by molar-refractivity contribution is -0.135. The minimum atomic E-state index is 0.703. The van der Waals surface area contributed by atoms with E-state index in [-0.39, 0.29) is 0 Å². The standard InChI is InChI=1S/C14H27N.2C12H23N.C11H22N2/c1-11(2)13-9-14(10-13)5-7-15(8-6-14)12(3)4;2*1-9(2)11-5-12(6-11)7-13(8-12)10(3)4;1-9(2)12-5-11(6-12)7-13(8-11)10(3)4/h11-13H,5-10H2,1-4H3;2*9-11H,5-8H2,1-4H3;9-10H,5-8H2,1-4H3. The molecule has 0 amide bonds. The minimum absolute atomic E-state index is 0.703. The highest BCUT2D eigenvalue weighted by atomic mass is 15.3. The Morgan fingerprint density at radius 3 is 0.741 bits per heavy atom. The molecule has 8 aliphatic rings. The van der Waals surface area contributed by atoms with Crippen LogP contribution in [0.15, 0.2) is 0 Å². The van der Waals surface area contributed by atoms with E-state index in [1.807, 2.05) is 0 Å². The maximum atomic E-state index is 2.65. The molecule has 0 radical (unpaired) electrons. The summed E-state index contributed by atoms with van der Waals surface area (Å²) < 4.78 is 0. The third kappa shape index (κ3) is 10.3. The molecule has 0 unspecified atom stereocenters. The van der Waals surface area contributed by atoms with Crippen LogP contribution in [0.5, 0.6) is 0 Å². The predicted octanol–water partition coefficient (Wildman–Crippen LogP) is 10.5. The van der Waals surface area contributed by atoms with Crippen molar-refractivity contribution in [2.75, 3.05) is 65.4 Å². The molecule has 316 valence electrons. The SMILES string of the molecule is CC(C)C1CC2(C1)CN(C(C)C)C2.CC(C)C1CC2(C1)CN(C(C)C)C2.CC(C)C1CC2(CCN(C(C)C)CC2)C1.CC(C)N1CC2(C1)CN(C(C)C)C2. The number of likely N-dealkylation sites (tertiary alicyclic amines) is 5. The fourth-order valence-corrected chi connectivity index (χ4v) is 11.9. The van der Waals surface area contributed by atoms with E-state index in [1.54, 1.807) is 0 Å². The highest BCUT2D eigenvalue weighted by Gasteiger charge is 2.54.